The van der Waals surface area contributed by atoms with Gasteiger partial charge in [-0.2, -0.15) is 0 Å². The first-order valence-corrected chi connectivity index (χ1v) is 12.0. The molecule has 3 fully saturated rings. The zero-order chi connectivity index (χ0) is 18.2. The summed E-state index contributed by atoms with van der Waals surface area (Å²) in [6.45, 7) is 4.58. The van der Waals surface area contributed by atoms with Crippen LogP contribution >= 0.6 is 0 Å². The summed E-state index contributed by atoms with van der Waals surface area (Å²) in [6.07, 6.45) is 30.2. The normalized spacial score (nSPS) is 39.6. The van der Waals surface area contributed by atoms with Gasteiger partial charge in [0.05, 0.1) is 0 Å². The largest absolute Gasteiger partial charge is 0.0917 e. The summed E-state index contributed by atoms with van der Waals surface area (Å²) >= 11 is 0. The van der Waals surface area contributed by atoms with E-state index in [-0.39, 0.29) is 0 Å². The van der Waals surface area contributed by atoms with Crippen molar-refractivity contribution in [2.75, 3.05) is 0 Å². The molecule has 0 aromatic rings. The van der Waals surface area contributed by atoms with Crippen LogP contribution in [0, 0.1) is 35.5 Å². The van der Waals surface area contributed by atoms with E-state index >= 15 is 0 Å². The van der Waals surface area contributed by atoms with Crippen LogP contribution in [0.1, 0.15) is 104 Å². The molecule has 26 heavy (non-hydrogen) atoms. The topological polar surface area (TPSA) is 0 Å². The van der Waals surface area contributed by atoms with E-state index in [2.05, 4.69) is 38.2 Å². The fraction of sp³-hybridized carbons (Fsp3) is 0.846. The van der Waals surface area contributed by atoms with Crippen molar-refractivity contribution in [3.8, 4) is 0 Å². The molecule has 3 aliphatic rings. The van der Waals surface area contributed by atoms with Crippen molar-refractivity contribution < 1.29 is 0 Å². The van der Waals surface area contributed by atoms with Crippen LogP contribution in [-0.2, 0) is 0 Å². The first-order chi connectivity index (χ1) is 12.8. The lowest BCUT2D eigenvalue weighted by Gasteiger charge is -2.41. The van der Waals surface area contributed by atoms with Crippen LogP contribution in [0.25, 0.3) is 0 Å². The Labute approximate surface area is 163 Å². The monoisotopic (exact) mass is 356 g/mol. The highest BCUT2D eigenvalue weighted by molar-refractivity contribution is 4.94. The van der Waals surface area contributed by atoms with Crippen molar-refractivity contribution in [3.05, 3.63) is 24.3 Å². The Kier molecular flexibility index (Phi) is 8.34. The molecule has 0 N–H and O–H groups in total. The van der Waals surface area contributed by atoms with Crippen LogP contribution in [0.3, 0.4) is 0 Å². The van der Waals surface area contributed by atoms with Gasteiger partial charge in [-0.25, -0.2) is 0 Å². The van der Waals surface area contributed by atoms with E-state index in [4.69, 9.17) is 0 Å². The number of hydrogen-bond donors (Lipinski definition) is 0. The van der Waals surface area contributed by atoms with E-state index in [1.807, 2.05) is 0 Å². The average Bonchev–Trinajstić information content (AvgIpc) is 2.69. The fourth-order valence-corrected chi connectivity index (χ4v) is 6.30. The highest BCUT2D eigenvalue weighted by Gasteiger charge is 2.33. The summed E-state index contributed by atoms with van der Waals surface area (Å²) in [5.74, 6) is 6.22. The third kappa shape index (κ3) is 6.00. The molecule has 0 spiro atoms. The van der Waals surface area contributed by atoms with E-state index in [0.29, 0.717) is 0 Å². The van der Waals surface area contributed by atoms with Gasteiger partial charge in [0.2, 0.25) is 0 Å². The maximum atomic E-state index is 2.54. The summed E-state index contributed by atoms with van der Waals surface area (Å²) in [7, 11) is 0. The van der Waals surface area contributed by atoms with Crippen molar-refractivity contribution >= 4 is 0 Å². The molecule has 3 aliphatic carbocycles. The van der Waals surface area contributed by atoms with Crippen LogP contribution in [-0.4, -0.2) is 0 Å². The lowest BCUT2D eigenvalue weighted by molar-refractivity contribution is 0.110. The van der Waals surface area contributed by atoms with Gasteiger partial charge in [0.1, 0.15) is 0 Å². The molecule has 0 nitrogen and oxygen atoms in total. The maximum absolute atomic E-state index is 2.54. The quantitative estimate of drug-likeness (QED) is 0.331. The molecule has 3 rings (SSSR count). The predicted octanol–water partition coefficient (Wildman–Crippen LogP) is 8.34. The number of rotatable bonds is 6. The SMILES string of the molecule is C/C=C/CC/C=C/C1CCC(C2CCC(C3CCC(C)CC3)CC2)CC1. The third-order valence-corrected chi connectivity index (χ3v) is 8.17. The first kappa shape index (κ1) is 20.2. The van der Waals surface area contributed by atoms with Crippen molar-refractivity contribution in [1.29, 1.82) is 0 Å². The molecule has 0 aromatic carbocycles. The molecule has 0 heteroatoms. The first-order valence-electron chi connectivity index (χ1n) is 12.0. The Morgan fingerprint density at radius 2 is 1.00 bits per heavy atom. The van der Waals surface area contributed by atoms with Gasteiger partial charge in [-0.3, -0.25) is 0 Å². The highest BCUT2D eigenvalue weighted by Crippen LogP contribution is 2.45. The second kappa shape index (κ2) is 10.7. The van der Waals surface area contributed by atoms with E-state index in [9.17, 15) is 0 Å². The van der Waals surface area contributed by atoms with Gasteiger partial charge in [-0.15, -0.1) is 0 Å². The van der Waals surface area contributed by atoms with Crippen molar-refractivity contribution in [3.63, 3.8) is 0 Å². The highest BCUT2D eigenvalue weighted by atomic mass is 14.4. The van der Waals surface area contributed by atoms with E-state index in [1.54, 1.807) is 38.5 Å². The van der Waals surface area contributed by atoms with Gasteiger partial charge in [0.25, 0.3) is 0 Å². The molecule has 0 saturated heterocycles. The molecule has 0 atom stereocenters. The smallest absolute Gasteiger partial charge is 0.0233 e. The standard InChI is InChI=1S/C26H44/c1-3-4-5-6-7-8-22-11-15-24(16-12-22)26-19-17-25(18-20-26)23-13-9-21(2)10-14-23/h3-4,7-8,21-26H,5-6,9-20H2,1-2H3/b4-3+,8-7+. The second-order valence-corrected chi connectivity index (χ2v) is 9.94. The molecular weight excluding hydrogens is 312 g/mol. The Hall–Kier alpha value is -0.520. The average molecular weight is 357 g/mol. The molecule has 0 aromatic heterocycles. The molecule has 3 saturated carbocycles. The van der Waals surface area contributed by atoms with Gasteiger partial charge in [0.15, 0.2) is 0 Å². The molecular formula is C26H44. The Balaban J connectivity index is 1.33. The van der Waals surface area contributed by atoms with Gasteiger partial charge in [-0.05, 0) is 119 Å². The Morgan fingerprint density at radius 1 is 0.577 bits per heavy atom. The molecule has 148 valence electrons. The second-order valence-electron chi connectivity index (χ2n) is 9.94. The van der Waals surface area contributed by atoms with Crippen LogP contribution in [0.2, 0.25) is 0 Å². The maximum Gasteiger partial charge on any atom is -0.0233 e. The summed E-state index contributed by atoms with van der Waals surface area (Å²) < 4.78 is 0. The molecule has 0 bridgehead atoms. The zero-order valence-corrected chi connectivity index (χ0v) is 17.7. The minimum absolute atomic E-state index is 0.887. The minimum Gasteiger partial charge on any atom is -0.0917 e. The number of hydrogen-bond acceptors (Lipinski definition) is 0. The fourth-order valence-electron chi connectivity index (χ4n) is 6.30. The molecule has 0 radical (unpaired) electrons. The van der Waals surface area contributed by atoms with Crippen LogP contribution in [0.4, 0.5) is 0 Å². The van der Waals surface area contributed by atoms with Crippen molar-refractivity contribution in [1.82, 2.24) is 0 Å². The molecule has 0 unspecified atom stereocenters. The predicted molar refractivity (Wildman–Crippen MR) is 115 cm³/mol. The molecule has 0 heterocycles. The molecule has 0 aliphatic heterocycles. The Morgan fingerprint density at radius 3 is 1.50 bits per heavy atom. The number of allylic oxidation sites excluding steroid dienone is 4. The van der Waals surface area contributed by atoms with Crippen LogP contribution in [0.15, 0.2) is 24.3 Å². The Bertz CT molecular complexity index is 421. The van der Waals surface area contributed by atoms with E-state index in [0.717, 1.165) is 35.5 Å². The van der Waals surface area contributed by atoms with Crippen LogP contribution < -0.4 is 0 Å². The number of unbranched alkanes of at least 4 members (excludes halogenated alkanes) is 1. The summed E-state index contributed by atoms with van der Waals surface area (Å²) in [4.78, 5) is 0. The van der Waals surface area contributed by atoms with Crippen molar-refractivity contribution in [2.24, 2.45) is 35.5 Å². The minimum atomic E-state index is 0.887. The molecule has 0 amide bonds. The van der Waals surface area contributed by atoms with Gasteiger partial charge < -0.3 is 0 Å². The summed E-state index contributed by atoms with van der Waals surface area (Å²) in [5.41, 5.74) is 0. The van der Waals surface area contributed by atoms with Gasteiger partial charge in [-0.1, -0.05) is 44.1 Å². The van der Waals surface area contributed by atoms with Crippen LogP contribution in [0.5, 0.6) is 0 Å². The van der Waals surface area contributed by atoms with Gasteiger partial charge >= 0.3 is 0 Å². The van der Waals surface area contributed by atoms with Gasteiger partial charge in [0, 0.05) is 0 Å². The zero-order valence-electron chi connectivity index (χ0n) is 17.7. The lowest BCUT2D eigenvalue weighted by Crippen LogP contribution is -2.29. The third-order valence-electron chi connectivity index (χ3n) is 8.17. The van der Waals surface area contributed by atoms with E-state index in [1.165, 1.54) is 51.4 Å². The van der Waals surface area contributed by atoms with Crippen molar-refractivity contribution in [2.45, 2.75) is 104 Å². The summed E-state index contributed by atoms with van der Waals surface area (Å²) in [6, 6.07) is 0. The summed E-state index contributed by atoms with van der Waals surface area (Å²) in [5, 5.41) is 0. The van der Waals surface area contributed by atoms with E-state index < -0.39 is 0 Å². The lowest BCUT2D eigenvalue weighted by atomic mass is 9.65.